The number of benzene rings is 1. The molecule has 26 heavy (non-hydrogen) atoms. The highest BCUT2D eigenvalue weighted by atomic mass is 16.5. The number of nitrogens with zero attached hydrogens (tertiary/aromatic N) is 5. The monoisotopic (exact) mass is 353 g/mol. The molecule has 0 fully saturated rings. The van der Waals surface area contributed by atoms with E-state index in [4.69, 9.17) is 9.84 Å². The van der Waals surface area contributed by atoms with Gasteiger partial charge in [-0.1, -0.05) is 0 Å². The topological polar surface area (TPSA) is 85.4 Å². The Morgan fingerprint density at radius 1 is 1.27 bits per heavy atom. The van der Waals surface area contributed by atoms with Crippen molar-refractivity contribution >= 4 is 5.97 Å². The maximum atomic E-state index is 11.1. The van der Waals surface area contributed by atoms with Crippen LogP contribution in [0.1, 0.15) is 22.0 Å². The highest BCUT2D eigenvalue weighted by Gasteiger charge is 2.21. The lowest BCUT2D eigenvalue weighted by Crippen LogP contribution is -2.34. The van der Waals surface area contributed by atoms with Crippen molar-refractivity contribution < 1.29 is 14.6 Å². The zero-order valence-electron chi connectivity index (χ0n) is 14.4. The Kier molecular flexibility index (Phi) is 4.18. The molecule has 0 amide bonds. The molecule has 0 atom stereocenters. The molecule has 8 nitrogen and oxygen atoms in total. The molecule has 1 N–H and O–H groups in total. The van der Waals surface area contributed by atoms with Crippen LogP contribution in [0.15, 0.2) is 42.7 Å². The number of hydrogen-bond donors (Lipinski definition) is 1. The van der Waals surface area contributed by atoms with Crippen LogP contribution >= 0.6 is 0 Å². The molecule has 1 aliphatic heterocycles. The van der Waals surface area contributed by atoms with E-state index < -0.39 is 5.97 Å². The Balaban J connectivity index is 1.51. The van der Waals surface area contributed by atoms with Gasteiger partial charge in [0.25, 0.3) is 0 Å². The summed E-state index contributed by atoms with van der Waals surface area (Å²) in [6, 6.07) is 9.48. The number of ether oxygens (including phenoxy) is 1. The van der Waals surface area contributed by atoms with Gasteiger partial charge >= 0.3 is 5.97 Å². The molecule has 1 aliphatic rings. The number of carboxylic acids is 1. The Morgan fingerprint density at radius 2 is 2.08 bits per heavy atom. The fourth-order valence-electron chi connectivity index (χ4n) is 3.19. The van der Waals surface area contributed by atoms with Gasteiger partial charge in [-0.15, -0.1) is 0 Å². The summed E-state index contributed by atoms with van der Waals surface area (Å²) in [7, 11) is 1.65. The molecule has 8 heteroatoms. The van der Waals surface area contributed by atoms with Crippen LogP contribution in [0, 0.1) is 0 Å². The molecule has 0 unspecified atom stereocenters. The van der Waals surface area contributed by atoms with Gasteiger partial charge < -0.3 is 14.4 Å². The van der Waals surface area contributed by atoms with Crippen molar-refractivity contribution in [1.82, 2.24) is 24.2 Å². The van der Waals surface area contributed by atoms with Crippen molar-refractivity contribution in [3.8, 4) is 11.4 Å². The minimum absolute atomic E-state index is 0.0987. The van der Waals surface area contributed by atoms with Gasteiger partial charge in [0, 0.05) is 31.2 Å². The fraction of sp³-hybridized carbons (Fsp3) is 0.278. The number of imidazole rings is 1. The maximum absolute atomic E-state index is 11.1. The quantitative estimate of drug-likeness (QED) is 0.753. The maximum Gasteiger partial charge on any atom is 0.356 e. The van der Waals surface area contributed by atoms with Crippen molar-refractivity contribution in [1.29, 1.82) is 0 Å². The van der Waals surface area contributed by atoms with Gasteiger partial charge in [0.2, 0.25) is 0 Å². The number of fused-ring (bicyclic) bond motifs is 1. The highest BCUT2D eigenvalue weighted by molar-refractivity contribution is 5.85. The molecule has 2 aromatic heterocycles. The van der Waals surface area contributed by atoms with Crippen LogP contribution in [0.4, 0.5) is 0 Å². The van der Waals surface area contributed by atoms with Gasteiger partial charge in [-0.05, 0) is 30.3 Å². The molecule has 3 heterocycles. The van der Waals surface area contributed by atoms with Crippen LogP contribution in [0.2, 0.25) is 0 Å². The van der Waals surface area contributed by atoms with Crippen molar-refractivity contribution in [3.05, 3.63) is 59.9 Å². The smallest absolute Gasteiger partial charge is 0.356 e. The summed E-state index contributed by atoms with van der Waals surface area (Å²) in [5.41, 5.74) is 2.03. The van der Waals surface area contributed by atoms with Gasteiger partial charge in [0.15, 0.2) is 5.69 Å². The molecule has 0 saturated carbocycles. The van der Waals surface area contributed by atoms with Gasteiger partial charge in [-0.3, -0.25) is 9.58 Å². The highest BCUT2D eigenvalue weighted by Crippen LogP contribution is 2.19. The first-order valence-electron chi connectivity index (χ1n) is 8.33. The normalized spacial score (nSPS) is 14.2. The first-order valence-corrected chi connectivity index (χ1v) is 8.33. The average Bonchev–Trinajstić information content (AvgIpc) is 3.28. The largest absolute Gasteiger partial charge is 0.497 e. The predicted molar refractivity (Wildman–Crippen MR) is 93.4 cm³/mol. The van der Waals surface area contributed by atoms with Crippen LogP contribution in [0.25, 0.3) is 5.69 Å². The van der Waals surface area contributed by atoms with E-state index in [9.17, 15) is 4.79 Å². The zero-order valence-corrected chi connectivity index (χ0v) is 14.4. The first kappa shape index (κ1) is 16.3. The Bertz CT molecular complexity index is 929. The summed E-state index contributed by atoms with van der Waals surface area (Å²) < 4.78 is 9.03. The van der Waals surface area contributed by atoms with Crippen molar-refractivity contribution in [2.75, 3.05) is 13.7 Å². The van der Waals surface area contributed by atoms with Crippen LogP contribution in [-0.2, 0) is 19.6 Å². The van der Waals surface area contributed by atoms with Gasteiger partial charge in [0.05, 0.1) is 25.9 Å². The molecule has 1 aromatic carbocycles. The van der Waals surface area contributed by atoms with Crippen LogP contribution in [0.5, 0.6) is 5.75 Å². The standard InChI is InChI=1S/C18H19N5O3/c1-26-15-4-2-13(3-5-15)22-7-6-19-17(22)12-21-8-9-23-14(11-21)10-16(20-23)18(24)25/h2-7,10H,8-9,11-12H2,1H3,(H,24,25). The van der Waals surface area contributed by atoms with E-state index in [1.54, 1.807) is 24.1 Å². The number of hydrogen-bond acceptors (Lipinski definition) is 5. The van der Waals surface area contributed by atoms with E-state index in [0.29, 0.717) is 19.6 Å². The lowest BCUT2D eigenvalue weighted by Gasteiger charge is -2.27. The third-order valence-electron chi connectivity index (χ3n) is 4.53. The molecule has 134 valence electrons. The number of rotatable bonds is 5. The molecule has 3 aromatic rings. The number of carbonyl (C=O) groups is 1. The second kappa shape index (κ2) is 6.64. The van der Waals surface area contributed by atoms with Crippen molar-refractivity contribution in [2.45, 2.75) is 19.6 Å². The second-order valence-corrected chi connectivity index (χ2v) is 6.17. The summed E-state index contributed by atoms with van der Waals surface area (Å²) >= 11 is 0. The number of methoxy groups -OCH3 is 1. The first-order chi connectivity index (χ1) is 12.6. The molecule has 0 radical (unpaired) electrons. The fourth-order valence-corrected chi connectivity index (χ4v) is 3.19. The van der Waals surface area contributed by atoms with E-state index in [0.717, 1.165) is 29.5 Å². The summed E-state index contributed by atoms with van der Waals surface area (Å²) in [5.74, 6) is 0.754. The van der Waals surface area contributed by atoms with Gasteiger partial charge in [-0.25, -0.2) is 9.78 Å². The van der Waals surface area contributed by atoms with E-state index >= 15 is 0 Å². The SMILES string of the molecule is COc1ccc(-n2ccnc2CN2CCn3nc(C(=O)O)cc3C2)cc1. The molecular weight excluding hydrogens is 334 g/mol. The number of aromatic carboxylic acids is 1. The minimum atomic E-state index is -0.992. The lowest BCUT2D eigenvalue weighted by atomic mass is 10.2. The van der Waals surface area contributed by atoms with Crippen molar-refractivity contribution in [2.24, 2.45) is 0 Å². The summed E-state index contributed by atoms with van der Waals surface area (Å²) in [5, 5.41) is 13.2. The Hall–Kier alpha value is -3.13. The lowest BCUT2D eigenvalue weighted by molar-refractivity contribution is 0.0689. The summed E-state index contributed by atoms with van der Waals surface area (Å²) in [6.07, 6.45) is 3.73. The van der Waals surface area contributed by atoms with E-state index in [2.05, 4.69) is 15.0 Å². The second-order valence-electron chi connectivity index (χ2n) is 6.17. The Morgan fingerprint density at radius 3 is 2.81 bits per heavy atom. The average molecular weight is 353 g/mol. The molecular formula is C18H19N5O3. The third kappa shape index (κ3) is 3.06. The number of aromatic nitrogens is 4. The van der Waals surface area contributed by atoms with E-state index in [1.165, 1.54) is 0 Å². The van der Waals surface area contributed by atoms with Crippen LogP contribution < -0.4 is 4.74 Å². The minimum Gasteiger partial charge on any atom is -0.497 e. The van der Waals surface area contributed by atoms with Crippen LogP contribution in [-0.4, -0.2) is 49.0 Å². The summed E-state index contributed by atoms with van der Waals surface area (Å²) in [6.45, 7) is 2.79. The zero-order chi connectivity index (χ0) is 18.1. The Labute approximate surface area is 150 Å². The van der Waals surface area contributed by atoms with E-state index in [-0.39, 0.29) is 5.69 Å². The van der Waals surface area contributed by atoms with E-state index in [1.807, 2.05) is 35.0 Å². The molecule has 0 spiro atoms. The molecule has 0 aliphatic carbocycles. The predicted octanol–water partition coefficient (Wildman–Crippen LogP) is 1.79. The van der Waals surface area contributed by atoms with Gasteiger partial charge in [0.1, 0.15) is 11.6 Å². The molecule has 0 saturated heterocycles. The van der Waals surface area contributed by atoms with Gasteiger partial charge in [-0.2, -0.15) is 5.10 Å². The molecule has 0 bridgehead atoms. The summed E-state index contributed by atoms with van der Waals surface area (Å²) in [4.78, 5) is 17.8. The van der Waals surface area contributed by atoms with Crippen molar-refractivity contribution in [3.63, 3.8) is 0 Å². The third-order valence-corrected chi connectivity index (χ3v) is 4.53. The molecule has 4 rings (SSSR count). The number of carboxylic acid groups (broad SMARTS) is 1. The van der Waals surface area contributed by atoms with Crippen LogP contribution in [0.3, 0.4) is 0 Å².